The number of carbonyl (C=O) groups excluding carboxylic acids is 1. The van der Waals surface area contributed by atoms with E-state index in [4.69, 9.17) is 11.6 Å². The number of aliphatic hydroxyl groups excluding tert-OH is 1. The van der Waals surface area contributed by atoms with Crippen molar-refractivity contribution in [1.29, 1.82) is 0 Å². The molecule has 20 heavy (non-hydrogen) atoms. The van der Waals surface area contributed by atoms with Crippen LogP contribution in [0.4, 0.5) is 0 Å². The number of halogens is 1. The number of nitrogens with one attached hydrogen (secondary N) is 1. The molecule has 1 amide bonds. The predicted octanol–water partition coefficient (Wildman–Crippen LogP) is 2.89. The van der Waals surface area contributed by atoms with Crippen LogP contribution >= 0.6 is 11.6 Å². The maximum atomic E-state index is 12.7. The highest BCUT2D eigenvalue weighted by Crippen LogP contribution is 2.44. The van der Waals surface area contributed by atoms with Crippen LogP contribution in [0.5, 0.6) is 0 Å². The van der Waals surface area contributed by atoms with Gasteiger partial charge < -0.3 is 10.4 Å². The third kappa shape index (κ3) is 2.84. The van der Waals surface area contributed by atoms with Crippen LogP contribution in [-0.2, 0) is 10.2 Å². The van der Waals surface area contributed by atoms with Crippen LogP contribution in [-0.4, -0.2) is 23.7 Å². The number of amides is 1. The van der Waals surface area contributed by atoms with Gasteiger partial charge in [0.15, 0.2) is 0 Å². The largest absolute Gasteiger partial charge is 0.394 e. The van der Waals surface area contributed by atoms with Gasteiger partial charge in [-0.1, -0.05) is 44.0 Å². The first-order valence-corrected chi connectivity index (χ1v) is 7.55. The molecule has 0 bridgehead atoms. The molecule has 1 atom stereocenters. The van der Waals surface area contributed by atoms with Gasteiger partial charge in [-0.05, 0) is 36.5 Å². The zero-order valence-corrected chi connectivity index (χ0v) is 12.8. The third-order valence-electron chi connectivity index (χ3n) is 4.34. The van der Waals surface area contributed by atoms with E-state index in [-0.39, 0.29) is 24.5 Å². The summed E-state index contributed by atoms with van der Waals surface area (Å²) in [6.45, 7) is 3.96. The van der Waals surface area contributed by atoms with Gasteiger partial charge >= 0.3 is 0 Å². The molecule has 1 saturated carbocycles. The Bertz CT molecular complexity index is 483. The summed E-state index contributed by atoms with van der Waals surface area (Å²) < 4.78 is 0. The average molecular weight is 296 g/mol. The first kappa shape index (κ1) is 15.3. The lowest BCUT2D eigenvalue weighted by Crippen LogP contribution is -2.54. The fourth-order valence-corrected chi connectivity index (χ4v) is 2.88. The standard InChI is InChI=1S/C16H22ClNO2/c1-11(2)14(10-19)18-15(20)16(7-4-8-16)12-5-3-6-13(17)9-12/h3,5-6,9,11,14,19H,4,7-8,10H2,1-2H3,(H,18,20). The van der Waals surface area contributed by atoms with Crippen molar-refractivity contribution < 1.29 is 9.90 Å². The Morgan fingerprint density at radius 1 is 1.45 bits per heavy atom. The molecule has 0 aromatic heterocycles. The van der Waals surface area contributed by atoms with Crippen molar-refractivity contribution in [2.45, 2.75) is 44.6 Å². The molecule has 1 aliphatic rings. The number of aliphatic hydroxyl groups is 1. The van der Waals surface area contributed by atoms with Crippen molar-refractivity contribution in [2.75, 3.05) is 6.61 Å². The second-order valence-electron chi connectivity index (χ2n) is 5.95. The van der Waals surface area contributed by atoms with Gasteiger partial charge in [-0.25, -0.2) is 0 Å². The monoisotopic (exact) mass is 295 g/mol. The Morgan fingerprint density at radius 2 is 2.15 bits per heavy atom. The SMILES string of the molecule is CC(C)C(CO)NC(=O)C1(c2cccc(Cl)c2)CCC1. The molecule has 110 valence electrons. The number of hydrogen-bond donors (Lipinski definition) is 2. The lowest BCUT2D eigenvalue weighted by atomic mass is 9.63. The van der Waals surface area contributed by atoms with Crippen molar-refractivity contribution in [3.8, 4) is 0 Å². The maximum Gasteiger partial charge on any atom is 0.230 e. The molecule has 0 saturated heterocycles. The molecular weight excluding hydrogens is 274 g/mol. The fourth-order valence-electron chi connectivity index (χ4n) is 2.69. The van der Waals surface area contributed by atoms with Crippen LogP contribution in [0.1, 0.15) is 38.7 Å². The van der Waals surface area contributed by atoms with Crippen molar-refractivity contribution in [1.82, 2.24) is 5.32 Å². The molecule has 0 heterocycles. The molecular formula is C16H22ClNO2. The number of hydrogen-bond acceptors (Lipinski definition) is 2. The van der Waals surface area contributed by atoms with E-state index < -0.39 is 5.41 Å². The Hall–Kier alpha value is -1.06. The van der Waals surface area contributed by atoms with Crippen molar-refractivity contribution in [2.24, 2.45) is 5.92 Å². The smallest absolute Gasteiger partial charge is 0.230 e. The van der Waals surface area contributed by atoms with Gasteiger partial charge in [0.2, 0.25) is 5.91 Å². The first-order valence-electron chi connectivity index (χ1n) is 7.17. The van der Waals surface area contributed by atoms with Gasteiger partial charge in [0.1, 0.15) is 0 Å². The number of benzene rings is 1. The molecule has 0 spiro atoms. The summed E-state index contributed by atoms with van der Waals surface area (Å²) in [7, 11) is 0. The van der Waals surface area contributed by atoms with E-state index in [9.17, 15) is 9.90 Å². The van der Waals surface area contributed by atoms with Crippen molar-refractivity contribution >= 4 is 17.5 Å². The van der Waals surface area contributed by atoms with Crippen LogP contribution < -0.4 is 5.32 Å². The van der Waals surface area contributed by atoms with Crippen LogP contribution in [0.25, 0.3) is 0 Å². The zero-order chi connectivity index (χ0) is 14.8. The summed E-state index contributed by atoms with van der Waals surface area (Å²) in [6, 6.07) is 7.35. The minimum Gasteiger partial charge on any atom is -0.394 e. The topological polar surface area (TPSA) is 49.3 Å². The fraction of sp³-hybridized carbons (Fsp3) is 0.562. The minimum absolute atomic E-state index is 0.0127. The average Bonchev–Trinajstić information content (AvgIpc) is 2.34. The van der Waals surface area contributed by atoms with Crippen LogP contribution in [0.15, 0.2) is 24.3 Å². The normalized spacial score (nSPS) is 18.4. The van der Waals surface area contributed by atoms with Crippen LogP contribution in [0.3, 0.4) is 0 Å². The van der Waals surface area contributed by atoms with Gasteiger partial charge in [-0.2, -0.15) is 0 Å². The molecule has 0 radical (unpaired) electrons. The van der Waals surface area contributed by atoms with Gasteiger partial charge in [0.25, 0.3) is 0 Å². The Labute approximate surface area is 125 Å². The molecule has 1 fully saturated rings. The summed E-state index contributed by atoms with van der Waals surface area (Å²) in [6.07, 6.45) is 2.73. The van der Waals surface area contributed by atoms with E-state index in [0.29, 0.717) is 5.02 Å². The van der Waals surface area contributed by atoms with E-state index in [1.807, 2.05) is 38.1 Å². The molecule has 3 nitrogen and oxygen atoms in total. The van der Waals surface area contributed by atoms with E-state index in [1.54, 1.807) is 0 Å². The molecule has 4 heteroatoms. The van der Waals surface area contributed by atoms with E-state index in [0.717, 1.165) is 24.8 Å². The lowest BCUT2D eigenvalue weighted by molar-refractivity contribution is -0.131. The number of rotatable bonds is 5. The highest BCUT2D eigenvalue weighted by molar-refractivity contribution is 6.30. The van der Waals surface area contributed by atoms with E-state index >= 15 is 0 Å². The van der Waals surface area contributed by atoms with Crippen LogP contribution in [0.2, 0.25) is 5.02 Å². The highest BCUT2D eigenvalue weighted by atomic mass is 35.5. The quantitative estimate of drug-likeness (QED) is 0.877. The van der Waals surface area contributed by atoms with Crippen molar-refractivity contribution in [3.05, 3.63) is 34.9 Å². The summed E-state index contributed by atoms with van der Waals surface area (Å²) in [5.74, 6) is 0.221. The van der Waals surface area contributed by atoms with Gasteiger partial charge in [-0.15, -0.1) is 0 Å². The summed E-state index contributed by atoms with van der Waals surface area (Å²) in [4.78, 5) is 12.7. The second-order valence-corrected chi connectivity index (χ2v) is 6.39. The molecule has 2 N–H and O–H groups in total. The Balaban J connectivity index is 2.21. The third-order valence-corrected chi connectivity index (χ3v) is 4.57. The summed E-state index contributed by atoms with van der Waals surface area (Å²) in [5.41, 5.74) is 0.516. The maximum absolute atomic E-state index is 12.7. The molecule has 2 rings (SSSR count). The second kappa shape index (κ2) is 6.15. The number of carbonyl (C=O) groups is 1. The van der Waals surface area contributed by atoms with E-state index in [2.05, 4.69) is 5.32 Å². The molecule has 1 aromatic carbocycles. The Morgan fingerprint density at radius 3 is 2.60 bits per heavy atom. The molecule has 1 aromatic rings. The van der Waals surface area contributed by atoms with E-state index in [1.165, 1.54) is 0 Å². The van der Waals surface area contributed by atoms with Gasteiger partial charge in [0, 0.05) is 5.02 Å². The Kier molecular flexibility index (Phi) is 4.71. The highest BCUT2D eigenvalue weighted by Gasteiger charge is 2.46. The molecule has 0 aliphatic heterocycles. The van der Waals surface area contributed by atoms with Crippen LogP contribution in [0, 0.1) is 5.92 Å². The predicted molar refractivity (Wildman–Crippen MR) is 80.8 cm³/mol. The van der Waals surface area contributed by atoms with Crippen molar-refractivity contribution in [3.63, 3.8) is 0 Å². The minimum atomic E-state index is -0.465. The molecule has 1 unspecified atom stereocenters. The summed E-state index contributed by atoms with van der Waals surface area (Å²) >= 11 is 6.05. The summed E-state index contributed by atoms with van der Waals surface area (Å²) in [5, 5.41) is 13.0. The van der Waals surface area contributed by atoms with Gasteiger partial charge in [-0.3, -0.25) is 4.79 Å². The van der Waals surface area contributed by atoms with Gasteiger partial charge in [0.05, 0.1) is 18.1 Å². The lowest BCUT2D eigenvalue weighted by Gasteiger charge is -2.42. The first-order chi connectivity index (χ1) is 9.49. The zero-order valence-electron chi connectivity index (χ0n) is 12.0. The molecule has 1 aliphatic carbocycles.